The van der Waals surface area contributed by atoms with Crippen molar-refractivity contribution in [1.82, 2.24) is 5.32 Å². The SMILES string of the molecule is CCc1ccsc1CNC(=O)OCCO. The maximum atomic E-state index is 11.1. The minimum Gasteiger partial charge on any atom is -0.447 e. The molecule has 0 spiro atoms. The molecule has 1 aromatic heterocycles. The van der Waals surface area contributed by atoms with Crippen LogP contribution in [0.2, 0.25) is 0 Å². The van der Waals surface area contributed by atoms with E-state index in [0.29, 0.717) is 6.54 Å². The molecule has 0 unspecified atom stereocenters. The van der Waals surface area contributed by atoms with Gasteiger partial charge in [0.25, 0.3) is 0 Å². The maximum absolute atomic E-state index is 11.1. The minimum absolute atomic E-state index is 0.0386. The van der Waals surface area contributed by atoms with Crippen molar-refractivity contribution in [2.24, 2.45) is 0 Å². The van der Waals surface area contributed by atoms with Gasteiger partial charge in [0.05, 0.1) is 13.2 Å². The normalized spacial score (nSPS) is 10.0. The van der Waals surface area contributed by atoms with Gasteiger partial charge in [0, 0.05) is 4.88 Å². The van der Waals surface area contributed by atoms with Crippen molar-refractivity contribution in [2.75, 3.05) is 13.2 Å². The van der Waals surface area contributed by atoms with Crippen LogP contribution in [0.3, 0.4) is 0 Å². The van der Waals surface area contributed by atoms with Gasteiger partial charge < -0.3 is 15.2 Å². The van der Waals surface area contributed by atoms with Crippen molar-refractivity contribution < 1.29 is 14.6 Å². The first-order chi connectivity index (χ1) is 7.27. The third-order valence-corrected chi connectivity index (χ3v) is 2.90. The van der Waals surface area contributed by atoms with E-state index < -0.39 is 6.09 Å². The molecule has 0 fully saturated rings. The zero-order chi connectivity index (χ0) is 11.1. The number of carbonyl (C=O) groups excluding carboxylic acids is 1. The van der Waals surface area contributed by atoms with E-state index in [1.54, 1.807) is 11.3 Å². The van der Waals surface area contributed by atoms with E-state index in [1.807, 2.05) is 5.38 Å². The molecule has 0 aliphatic carbocycles. The molecular weight excluding hydrogens is 214 g/mol. The number of hydrogen-bond donors (Lipinski definition) is 2. The van der Waals surface area contributed by atoms with Crippen LogP contribution >= 0.6 is 11.3 Å². The Morgan fingerprint density at radius 2 is 2.47 bits per heavy atom. The highest BCUT2D eigenvalue weighted by Gasteiger charge is 2.05. The van der Waals surface area contributed by atoms with Crippen molar-refractivity contribution in [3.05, 3.63) is 21.9 Å². The molecule has 1 heterocycles. The molecule has 5 heteroatoms. The predicted molar refractivity (Wildman–Crippen MR) is 59.0 cm³/mol. The van der Waals surface area contributed by atoms with Gasteiger partial charge in [0.1, 0.15) is 6.61 Å². The van der Waals surface area contributed by atoms with Crippen molar-refractivity contribution in [3.63, 3.8) is 0 Å². The average Bonchev–Trinajstić information content (AvgIpc) is 2.70. The van der Waals surface area contributed by atoms with E-state index in [-0.39, 0.29) is 13.2 Å². The predicted octanol–water partition coefficient (Wildman–Crippen LogP) is 1.53. The number of carbonyl (C=O) groups is 1. The van der Waals surface area contributed by atoms with Crippen molar-refractivity contribution >= 4 is 17.4 Å². The Bertz CT molecular complexity index is 311. The summed E-state index contributed by atoms with van der Waals surface area (Å²) in [6.45, 7) is 2.46. The second-order valence-corrected chi connectivity index (χ2v) is 3.94. The summed E-state index contributed by atoms with van der Waals surface area (Å²) < 4.78 is 4.67. The van der Waals surface area contributed by atoms with Crippen LogP contribution in [0.25, 0.3) is 0 Å². The van der Waals surface area contributed by atoms with Gasteiger partial charge >= 0.3 is 6.09 Å². The lowest BCUT2D eigenvalue weighted by atomic mass is 10.2. The van der Waals surface area contributed by atoms with Crippen LogP contribution < -0.4 is 5.32 Å². The van der Waals surface area contributed by atoms with Crippen LogP contribution in [-0.4, -0.2) is 24.4 Å². The number of aryl methyl sites for hydroxylation is 1. The lowest BCUT2D eigenvalue weighted by Crippen LogP contribution is -2.24. The summed E-state index contributed by atoms with van der Waals surface area (Å²) in [6.07, 6.45) is 0.478. The topological polar surface area (TPSA) is 58.6 Å². The summed E-state index contributed by atoms with van der Waals surface area (Å²) in [5.74, 6) is 0. The second-order valence-electron chi connectivity index (χ2n) is 2.94. The lowest BCUT2D eigenvalue weighted by Gasteiger charge is -2.05. The molecule has 0 aliphatic rings. The van der Waals surface area contributed by atoms with E-state index in [1.165, 1.54) is 5.56 Å². The number of alkyl carbamates (subject to hydrolysis) is 1. The van der Waals surface area contributed by atoms with E-state index in [9.17, 15) is 4.79 Å². The first kappa shape index (κ1) is 12.0. The van der Waals surface area contributed by atoms with Crippen molar-refractivity contribution in [2.45, 2.75) is 19.9 Å². The van der Waals surface area contributed by atoms with Crippen LogP contribution in [0.5, 0.6) is 0 Å². The molecule has 84 valence electrons. The van der Waals surface area contributed by atoms with Gasteiger partial charge in [-0.1, -0.05) is 6.92 Å². The first-order valence-corrected chi connectivity index (χ1v) is 5.72. The van der Waals surface area contributed by atoms with E-state index in [0.717, 1.165) is 11.3 Å². The number of rotatable bonds is 5. The lowest BCUT2D eigenvalue weighted by molar-refractivity contribution is 0.119. The highest BCUT2D eigenvalue weighted by atomic mass is 32.1. The van der Waals surface area contributed by atoms with Crippen LogP contribution in [0.4, 0.5) is 4.79 Å². The summed E-state index contributed by atoms with van der Waals surface area (Å²) in [7, 11) is 0. The number of hydrogen-bond acceptors (Lipinski definition) is 4. The Balaban J connectivity index is 2.33. The van der Waals surface area contributed by atoms with Gasteiger partial charge in [-0.05, 0) is 23.4 Å². The van der Waals surface area contributed by atoms with Gasteiger partial charge in [-0.2, -0.15) is 0 Å². The summed E-state index contributed by atoms with van der Waals surface area (Å²) in [4.78, 5) is 12.2. The van der Waals surface area contributed by atoms with E-state index >= 15 is 0 Å². The van der Waals surface area contributed by atoms with Crippen molar-refractivity contribution in [3.8, 4) is 0 Å². The molecule has 0 saturated heterocycles. The van der Waals surface area contributed by atoms with Crippen LogP contribution in [0, 0.1) is 0 Å². The molecule has 0 radical (unpaired) electrons. The Hall–Kier alpha value is -1.07. The van der Waals surface area contributed by atoms with Gasteiger partial charge in [-0.3, -0.25) is 0 Å². The number of aliphatic hydroxyl groups is 1. The highest BCUT2D eigenvalue weighted by Crippen LogP contribution is 2.16. The van der Waals surface area contributed by atoms with Crippen LogP contribution in [0.1, 0.15) is 17.4 Å². The largest absolute Gasteiger partial charge is 0.447 e. The summed E-state index contributed by atoms with van der Waals surface area (Å²) in [5, 5.41) is 13.1. The fourth-order valence-electron chi connectivity index (χ4n) is 1.18. The first-order valence-electron chi connectivity index (χ1n) is 4.84. The zero-order valence-corrected chi connectivity index (χ0v) is 9.47. The van der Waals surface area contributed by atoms with Gasteiger partial charge in [-0.25, -0.2) is 4.79 Å². The Morgan fingerprint density at radius 3 is 3.13 bits per heavy atom. The molecule has 2 N–H and O–H groups in total. The Morgan fingerprint density at radius 1 is 1.67 bits per heavy atom. The van der Waals surface area contributed by atoms with Crippen LogP contribution in [0.15, 0.2) is 11.4 Å². The maximum Gasteiger partial charge on any atom is 0.407 e. The van der Waals surface area contributed by atoms with E-state index in [2.05, 4.69) is 23.0 Å². The smallest absolute Gasteiger partial charge is 0.407 e. The van der Waals surface area contributed by atoms with Crippen LogP contribution in [-0.2, 0) is 17.7 Å². The molecule has 0 atom stereocenters. The summed E-state index contributed by atoms with van der Waals surface area (Å²) >= 11 is 1.62. The molecule has 1 amide bonds. The Labute approximate surface area is 92.9 Å². The quantitative estimate of drug-likeness (QED) is 0.805. The van der Waals surface area contributed by atoms with Gasteiger partial charge in [0.2, 0.25) is 0 Å². The molecule has 1 aromatic rings. The van der Waals surface area contributed by atoms with Gasteiger partial charge in [0.15, 0.2) is 0 Å². The fraction of sp³-hybridized carbons (Fsp3) is 0.500. The standard InChI is InChI=1S/C10H15NO3S/c1-2-8-3-6-15-9(8)7-11-10(13)14-5-4-12/h3,6,12H,2,4-5,7H2,1H3,(H,11,13). The summed E-state index contributed by atoms with van der Waals surface area (Å²) in [6, 6.07) is 2.06. The summed E-state index contributed by atoms with van der Waals surface area (Å²) in [5.41, 5.74) is 1.25. The molecule has 1 rings (SSSR count). The highest BCUT2D eigenvalue weighted by molar-refractivity contribution is 7.10. The Kier molecular flexibility index (Phi) is 5.14. The number of thiophene rings is 1. The number of nitrogens with one attached hydrogen (secondary N) is 1. The molecular formula is C10H15NO3S. The van der Waals surface area contributed by atoms with Gasteiger partial charge in [-0.15, -0.1) is 11.3 Å². The monoisotopic (exact) mass is 229 g/mol. The molecule has 0 bridgehead atoms. The average molecular weight is 229 g/mol. The van der Waals surface area contributed by atoms with Crippen molar-refractivity contribution in [1.29, 1.82) is 0 Å². The number of amides is 1. The zero-order valence-electron chi connectivity index (χ0n) is 8.66. The minimum atomic E-state index is -0.487. The molecule has 0 aromatic carbocycles. The third-order valence-electron chi connectivity index (χ3n) is 1.94. The molecule has 0 saturated carbocycles. The fourth-order valence-corrected chi connectivity index (χ4v) is 2.09. The second kappa shape index (κ2) is 6.42. The third kappa shape index (κ3) is 3.89. The molecule has 0 aliphatic heterocycles. The molecule has 15 heavy (non-hydrogen) atoms. The van der Waals surface area contributed by atoms with E-state index in [4.69, 9.17) is 5.11 Å². The number of ether oxygens (including phenoxy) is 1. The molecule has 4 nitrogen and oxygen atoms in total. The number of aliphatic hydroxyl groups excluding tert-OH is 1.